The van der Waals surface area contributed by atoms with Crippen LogP contribution in [0.2, 0.25) is 0 Å². The monoisotopic (exact) mass is 827 g/mol. The van der Waals surface area contributed by atoms with E-state index in [1.54, 1.807) is 0 Å². The Hall–Kier alpha value is -7.21. The van der Waals surface area contributed by atoms with E-state index in [1.165, 1.54) is 88.3 Å². The highest BCUT2D eigenvalue weighted by Gasteiger charge is 2.40. The van der Waals surface area contributed by atoms with E-state index < -0.39 is 0 Å². The lowest BCUT2D eigenvalue weighted by Crippen LogP contribution is -2.49. The van der Waals surface area contributed by atoms with Crippen LogP contribution in [0.15, 0.2) is 198 Å². The minimum atomic E-state index is -0.188. The van der Waals surface area contributed by atoms with Crippen LogP contribution >= 0.6 is 0 Å². The van der Waals surface area contributed by atoms with Gasteiger partial charge in [0.05, 0.1) is 17.2 Å². The van der Waals surface area contributed by atoms with Gasteiger partial charge in [0.25, 0.3) is 0 Å². The van der Waals surface area contributed by atoms with Crippen molar-refractivity contribution in [2.75, 3.05) is 4.90 Å². The predicted molar refractivity (Wildman–Crippen MR) is 265 cm³/mol. The summed E-state index contributed by atoms with van der Waals surface area (Å²) in [6, 6.07) is 51.7. The summed E-state index contributed by atoms with van der Waals surface area (Å²) in [4.78, 5) is 8.06. The van der Waals surface area contributed by atoms with Crippen molar-refractivity contribution in [1.82, 2.24) is 15.2 Å². The summed E-state index contributed by atoms with van der Waals surface area (Å²) >= 11 is 0. The summed E-state index contributed by atoms with van der Waals surface area (Å²) < 4.78 is 2.59. The van der Waals surface area contributed by atoms with Gasteiger partial charge in [-0.1, -0.05) is 164 Å². The summed E-state index contributed by atoms with van der Waals surface area (Å²) in [5.41, 5.74) is 14.3. The molecule has 0 bridgehead atoms. The van der Waals surface area contributed by atoms with E-state index in [2.05, 4.69) is 214 Å². The number of amidine groups is 1. The standard InChI is InChI=1S/C59H49N5/c1-3-15-38(16-4-1)39-27-29-41(30-28-39)58-60-57(40-17-5-2-6-18-40)61-59(62-58)48-24-12-14-26-53(48)64-54-32-31-46(37-51(54)50-34-43-20-8-10-22-45(43)36-56(50)64)63-52-25-13-11-23-47(52)49-33-42-19-7-9-21-44(42)35-55(49)63/h1-5,7-17,19-27,29-30,33-37,39,49,55,58-59,62H,6,18,28,31-32H2,(H,60,61). The van der Waals surface area contributed by atoms with Gasteiger partial charge in [-0.25, -0.2) is 4.99 Å². The Labute approximate surface area is 374 Å². The zero-order chi connectivity index (χ0) is 42.1. The van der Waals surface area contributed by atoms with E-state index in [-0.39, 0.29) is 18.4 Å². The first-order chi connectivity index (χ1) is 31.7. The highest BCUT2D eigenvalue weighted by Crippen LogP contribution is 2.48. The van der Waals surface area contributed by atoms with Crippen LogP contribution in [-0.4, -0.2) is 22.6 Å². The second-order valence-electron chi connectivity index (χ2n) is 18.1. The van der Waals surface area contributed by atoms with Crippen LogP contribution in [0.3, 0.4) is 0 Å². The number of nitrogens with zero attached hydrogens (tertiary/aromatic N) is 3. The smallest absolute Gasteiger partial charge is 0.129 e. The van der Waals surface area contributed by atoms with Crippen LogP contribution in [-0.2, 0) is 6.42 Å². The Morgan fingerprint density at radius 3 is 2.25 bits per heavy atom. The van der Waals surface area contributed by atoms with E-state index >= 15 is 0 Å². The summed E-state index contributed by atoms with van der Waals surface area (Å²) in [6.45, 7) is 0. The fraction of sp³-hybridized carbons (Fsp3) is 0.169. The largest absolute Gasteiger partial charge is 0.351 e. The molecular weight excluding hydrogens is 779 g/mol. The van der Waals surface area contributed by atoms with Gasteiger partial charge in [-0.05, 0) is 106 Å². The first-order valence-electron chi connectivity index (χ1n) is 23.1. The average Bonchev–Trinajstić information content (AvgIpc) is 3.86. The molecule has 64 heavy (non-hydrogen) atoms. The first-order valence-corrected chi connectivity index (χ1v) is 23.1. The summed E-state index contributed by atoms with van der Waals surface area (Å²) in [6.07, 6.45) is 25.7. The van der Waals surface area contributed by atoms with E-state index in [0.717, 1.165) is 37.9 Å². The Morgan fingerprint density at radius 2 is 1.44 bits per heavy atom. The molecule has 4 aliphatic carbocycles. The lowest BCUT2D eigenvalue weighted by molar-refractivity contribution is 0.432. The number of hydrogen-bond acceptors (Lipinski definition) is 4. The van der Waals surface area contributed by atoms with E-state index in [9.17, 15) is 0 Å². The third kappa shape index (κ3) is 6.21. The Balaban J connectivity index is 0.935. The van der Waals surface area contributed by atoms with Crippen molar-refractivity contribution in [2.24, 2.45) is 4.99 Å². The molecule has 7 aromatic rings. The summed E-state index contributed by atoms with van der Waals surface area (Å²) in [5, 5.41) is 14.4. The molecule has 0 spiro atoms. The zero-order valence-corrected chi connectivity index (χ0v) is 35.7. The second kappa shape index (κ2) is 15.3. The zero-order valence-electron chi connectivity index (χ0n) is 35.7. The maximum absolute atomic E-state index is 5.40. The van der Waals surface area contributed by atoms with Crippen molar-refractivity contribution >= 4 is 51.4 Å². The highest BCUT2D eigenvalue weighted by molar-refractivity contribution is 6.04. The number of aromatic nitrogens is 1. The van der Waals surface area contributed by atoms with Gasteiger partial charge < -0.3 is 14.8 Å². The van der Waals surface area contributed by atoms with Crippen LogP contribution in [0.25, 0.3) is 45.6 Å². The van der Waals surface area contributed by atoms with Crippen molar-refractivity contribution in [2.45, 2.75) is 62.3 Å². The van der Waals surface area contributed by atoms with E-state index in [4.69, 9.17) is 4.99 Å². The van der Waals surface area contributed by atoms with Gasteiger partial charge in [-0.3, -0.25) is 5.32 Å². The molecule has 2 N–H and O–H groups in total. The fourth-order valence-corrected chi connectivity index (χ4v) is 11.4. The molecule has 6 aliphatic rings. The van der Waals surface area contributed by atoms with Gasteiger partial charge in [-0.2, -0.15) is 0 Å². The number of anilines is 1. The Morgan fingerprint density at radius 1 is 0.688 bits per heavy atom. The first kappa shape index (κ1) is 37.4. The molecule has 6 aromatic carbocycles. The normalized spacial score (nSPS) is 23.1. The number of allylic oxidation sites excluding steroid dienone is 6. The number of aliphatic imine (C=N–C) groups is 1. The average molecular weight is 828 g/mol. The minimum absolute atomic E-state index is 0.177. The summed E-state index contributed by atoms with van der Waals surface area (Å²) in [5.74, 6) is 1.66. The maximum Gasteiger partial charge on any atom is 0.129 e. The topological polar surface area (TPSA) is 44.6 Å². The lowest BCUT2D eigenvalue weighted by atomic mass is 9.89. The number of hydrogen-bond donors (Lipinski definition) is 2. The molecule has 5 unspecified atom stereocenters. The quantitative estimate of drug-likeness (QED) is 0.176. The van der Waals surface area contributed by atoms with E-state index in [0.29, 0.717) is 11.8 Å². The molecule has 0 saturated heterocycles. The van der Waals surface area contributed by atoms with Crippen molar-refractivity contribution in [3.63, 3.8) is 0 Å². The Bertz CT molecular complexity index is 3360. The molecule has 5 atom stereocenters. The molecule has 0 saturated carbocycles. The molecule has 0 fully saturated rings. The van der Waals surface area contributed by atoms with Gasteiger partial charge in [0, 0.05) is 45.4 Å². The van der Waals surface area contributed by atoms with Gasteiger partial charge in [0.15, 0.2) is 0 Å². The number of para-hydroxylation sites is 2. The fourth-order valence-electron chi connectivity index (χ4n) is 11.4. The molecule has 3 heterocycles. The third-order valence-corrected chi connectivity index (χ3v) is 14.5. The van der Waals surface area contributed by atoms with Crippen molar-refractivity contribution in [3.8, 4) is 5.69 Å². The highest BCUT2D eigenvalue weighted by atomic mass is 15.3. The van der Waals surface area contributed by atoms with Crippen molar-refractivity contribution in [3.05, 3.63) is 231 Å². The minimum Gasteiger partial charge on any atom is -0.351 e. The maximum atomic E-state index is 5.40. The molecule has 0 amide bonds. The molecule has 0 radical (unpaired) electrons. The van der Waals surface area contributed by atoms with Crippen LogP contribution in [0.5, 0.6) is 0 Å². The van der Waals surface area contributed by atoms with Crippen LogP contribution in [0.4, 0.5) is 5.69 Å². The second-order valence-corrected chi connectivity index (χ2v) is 18.1. The van der Waals surface area contributed by atoms with E-state index in [1.807, 2.05) is 0 Å². The Kier molecular flexibility index (Phi) is 8.90. The molecule has 1 aromatic heterocycles. The molecule has 5 nitrogen and oxygen atoms in total. The number of fused-ring (bicyclic) bond motifs is 8. The number of rotatable bonds is 6. The van der Waals surface area contributed by atoms with Crippen LogP contribution in [0.1, 0.15) is 71.6 Å². The molecular formula is C59H49N5. The van der Waals surface area contributed by atoms with Crippen LogP contribution < -0.4 is 26.0 Å². The van der Waals surface area contributed by atoms with Crippen LogP contribution in [0, 0.1) is 0 Å². The SMILES string of the molecule is C1=CCCC(C2=NC(C3=CCC(c4ccccc4)C=C3)NC(c3ccccc3-n3c4c(c5cc6ccccc6cc53)C=C(N3c5ccccc5C5C=c6ccccc6=CC53)CC4)N2)=C1. The molecule has 5 heteroatoms. The predicted octanol–water partition coefficient (Wildman–Crippen LogP) is 11.2. The molecule has 13 rings (SSSR count). The summed E-state index contributed by atoms with van der Waals surface area (Å²) in [7, 11) is 0. The molecule has 310 valence electrons. The van der Waals surface area contributed by atoms with Crippen molar-refractivity contribution in [1.29, 1.82) is 0 Å². The third-order valence-electron chi connectivity index (χ3n) is 14.5. The van der Waals surface area contributed by atoms with Gasteiger partial charge >= 0.3 is 0 Å². The molecule has 2 aliphatic heterocycles. The number of nitrogens with one attached hydrogen (secondary N) is 2. The van der Waals surface area contributed by atoms with Gasteiger partial charge in [-0.15, -0.1) is 0 Å². The lowest BCUT2D eigenvalue weighted by Gasteiger charge is -2.35. The van der Waals surface area contributed by atoms with Gasteiger partial charge in [0.1, 0.15) is 18.2 Å². The van der Waals surface area contributed by atoms with Gasteiger partial charge in [0.2, 0.25) is 0 Å². The van der Waals surface area contributed by atoms with Crippen molar-refractivity contribution < 1.29 is 0 Å². The number of benzene rings is 6.